The fraction of sp³-hybridized carbons (Fsp3) is 0.364. The molecule has 16 heavy (non-hydrogen) atoms. The Labute approximate surface area is 102 Å². The molecule has 1 aliphatic heterocycles. The van der Waals surface area contributed by atoms with Crippen LogP contribution in [0.15, 0.2) is 16.6 Å². The summed E-state index contributed by atoms with van der Waals surface area (Å²) in [6.45, 7) is 0.637. The second kappa shape index (κ2) is 4.43. The highest BCUT2D eigenvalue weighted by atomic mass is 79.9. The molecule has 1 unspecified atom stereocenters. The normalized spacial score (nSPS) is 15.4. The Balaban J connectivity index is 2.36. The van der Waals surface area contributed by atoms with Gasteiger partial charge in [-0.05, 0) is 17.7 Å². The fourth-order valence-corrected chi connectivity index (χ4v) is 2.39. The Morgan fingerprint density at radius 1 is 1.62 bits per heavy atom. The second-order valence-corrected chi connectivity index (χ2v) is 4.70. The predicted octanol–water partition coefficient (Wildman–Crippen LogP) is 1.86. The first kappa shape index (κ1) is 11.4. The van der Waals surface area contributed by atoms with Gasteiger partial charge >= 0.3 is 5.97 Å². The van der Waals surface area contributed by atoms with Crippen molar-refractivity contribution in [1.29, 1.82) is 0 Å². The molecule has 1 aromatic rings. The molecule has 5 heteroatoms. The van der Waals surface area contributed by atoms with Gasteiger partial charge in [0.15, 0.2) is 0 Å². The zero-order chi connectivity index (χ0) is 11.7. The Bertz CT molecular complexity index is 433. The van der Waals surface area contributed by atoms with Crippen LogP contribution in [0.4, 0.5) is 0 Å². The van der Waals surface area contributed by atoms with Crippen LogP contribution in [-0.4, -0.2) is 17.7 Å². The van der Waals surface area contributed by atoms with Gasteiger partial charge in [0, 0.05) is 22.5 Å². The van der Waals surface area contributed by atoms with Crippen LogP contribution in [0.25, 0.3) is 0 Å². The van der Waals surface area contributed by atoms with Crippen molar-refractivity contribution in [1.82, 2.24) is 0 Å². The van der Waals surface area contributed by atoms with Crippen LogP contribution in [0.3, 0.4) is 0 Å². The molecule has 1 atom stereocenters. The smallest absolute Gasteiger partial charge is 0.305 e. The van der Waals surface area contributed by atoms with Crippen molar-refractivity contribution in [2.45, 2.75) is 18.9 Å². The lowest BCUT2D eigenvalue weighted by atomic mass is 10.0. The molecule has 0 aliphatic carbocycles. The molecule has 0 saturated heterocycles. The van der Waals surface area contributed by atoms with E-state index >= 15 is 0 Å². The van der Waals surface area contributed by atoms with E-state index in [-0.39, 0.29) is 6.42 Å². The van der Waals surface area contributed by atoms with Gasteiger partial charge in [-0.2, -0.15) is 0 Å². The Hall–Kier alpha value is -1.07. The molecule has 0 radical (unpaired) electrons. The lowest BCUT2D eigenvalue weighted by Crippen LogP contribution is -2.15. The first-order valence-corrected chi connectivity index (χ1v) is 5.79. The van der Waals surface area contributed by atoms with Crippen molar-refractivity contribution in [3.05, 3.63) is 27.7 Å². The molecule has 2 rings (SSSR count). The number of carboxylic acid groups (broad SMARTS) is 1. The maximum atomic E-state index is 10.6. The van der Waals surface area contributed by atoms with Crippen molar-refractivity contribution in [2.24, 2.45) is 5.73 Å². The molecule has 0 spiro atoms. The predicted molar refractivity (Wildman–Crippen MR) is 62.5 cm³/mol. The van der Waals surface area contributed by atoms with Crippen molar-refractivity contribution in [2.75, 3.05) is 6.61 Å². The van der Waals surface area contributed by atoms with Gasteiger partial charge in [0.1, 0.15) is 5.75 Å². The molecule has 1 heterocycles. The Morgan fingerprint density at radius 3 is 3.06 bits per heavy atom. The maximum Gasteiger partial charge on any atom is 0.305 e. The summed E-state index contributed by atoms with van der Waals surface area (Å²) in [4.78, 5) is 10.6. The largest absolute Gasteiger partial charge is 0.493 e. The molecule has 0 fully saturated rings. The SMILES string of the molecule is NC(CC(=O)O)c1cc(Br)cc2c1OCC2. The van der Waals surface area contributed by atoms with Crippen LogP contribution in [0.2, 0.25) is 0 Å². The van der Waals surface area contributed by atoms with Gasteiger partial charge in [0.2, 0.25) is 0 Å². The average molecular weight is 286 g/mol. The molecule has 86 valence electrons. The standard InChI is InChI=1S/C11H12BrNO3/c12-7-3-6-1-2-16-11(6)8(4-7)9(13)5-10(14)15/h3-4,9H,1-2,5,13H2,(H,14,15). The molecule has 1 aromatic carbocycles. The van der Waals surface area contributed by atoms with E-state index in [9.17, 15) is 4.79 Å². The summed E-state index contributed by atoms with van der Waals surface area (Å²) in [5, 5.41) is 8.73. The summed E-state index contributed by atoms with van der Waals surface area (Å²) < 4.78 is 6.40. The average Bonchev–Trinajstić information content (AvgIpc) is 2.62. The molecule has 4 nitrogen and oxygen atoms in total. The zero-order valence-corrected chi connectivity index (χ0v) is 10.2. The first-order valence-electron chi connectivity index (χ1n) is 5.00. The van der Waals surface area contributed by atoms with E-state index in [0.29, 0.717) is 6.61 Å². The molecule has 0 aromatic heterocycles. The highest BCUT2D eigenvalue weighted by Crippen LogP contribution is 2.36. The summed E-state index contributed by atoms with van der Waals surface area (Å²) in [6, 6.07) is 3.29. The van der Waals surface area contributed by atoms with Gasteiger partial charge in [0.25, 0.3) is 0 Å². The minimum absolute atomic E-state index is 0.0910. The van der Waals surface area contributed by atoms with E-state index in [2.05, 4.69) is 15.9 Å². The lowest BCUT2D eigenvalue weighted by molar-refractivity contribution is -0.137. The van der Waals surface area contributed by atoms with Crippen LogP contribution >= 0.6 is 15.9 Å². The number of ether oxygens (including phenoxy) is 1. The lowest BCUT2D eigenvalue weighted by Gasteiger charge is -2.14. The third-order valence-electron chi connectivity index (χ3n) is 2.57. The van der Waals surface area contributed by atoms with Gasteiger partial charge < -0.3 is 15.6 Å². The van der Waals surface area contributed by atoms with E-state index in [4.69, 9.17) is 15.6 Å². The Morgan fingerprint density at radius 2 is 2.38 bits per heavy atom. The van der Waals surface area contributed by atoms with Crippen LogP contribution in [0, 0.1) is 0 Å². The van der Waals surface area contributed by atoms with Crippen LogP contribution in [-0.2, 0) is 11.2 Å². The third kappa shape index (κ3) is 2.20. The highest BCUT2D eigenvalue weighted by Gasteiger charge is 2.22. The summed E-state index contributed by atoms with van der Waals surface area (Å²) >= 11 is 3.39. The fourth-order valence-electron chi connectivity index (χ4n) is 1.87. The summed E-state index contributed by atoms with van der Waals surface area (Å²) in [5.74, 6) is -0.142. The number of hydrogen-bond donors (Lipinski definition) is 2. The monoisotopic (exact) mass is 285 g/mol. The highest BCUT2D eigenvalue weighted by molar-refractivity contribution is 9.10. The van der Waals surface area contributed by atoms with E-state index in [1.165, 1.54) is 0 Å². The number of hydrogen-bond acceptors (Lipinski definition) is 3. The van der Waals surface area contributed by atoms with Crippen molar-refractivity contribution < 1.29 is 14.6 Å². The van der Waals surface area contributed by atoms with Gasteiger partial charge in [-0.25, -0.2) is 0 Å². The summed E-state index contributed by atoms with van der Waals surface area (Å²) in [6.07, 6.45) is 0.758. The van der Waals surface area contributed by atoms with Crippen LogP contribution in [0.1, 0.15) is 23.6 Å². The van der Waals surface area contributed by atoms with Gasteiger partial charge in [-0.1, -0.05) is 15.9 Å². The number of carboxylic acids is 1. The molecule has 0 saturated carbocycles. The van der Waals surface area contributed by atoms with Gasteiger partial charge in [0.05, 0.1) is 13.0 Å². The Kier molecular flexibility index (Phi) is 3.16. The van der Waals surface area contributed by atoms with Crippen molar-refractivity contribution in [3.63, 3.8) is 0 Å². The molecule has 1 aliphatic rings. The third-order valence-corrected chi connectivity index (χ3v) is 3.03. The minimum Gasteiger partial charge on any atom is -0.493 e. The minimum atomic E-state index is -0.903. The van der Waals surface area contributed by atoms with Crippen LogP contribution in [0.5, 0.6) is 5.75 Å². The first-order chi connectivity index (χ1) is 7.58. The molecule has 3 N–H and O–H groups in total. The maximum absolute atomic E-state index is 10.6. The van der Waals surface area contributed by atoms with Gasteiger partial charge in [-0.15, -0.1) is 0 Å². The molecular formula is C11H12BrNO3. The number of rotatable bonds is 3. The summed E-state index contributed by atoms with van der Waals surface area (Å²) in [7, 11) is 0. The summed E-state index contributed by atoms with van der Waals surface area (Å²) in [5.41, 5.74) is 7.71. The topological polar surface area (TPSA) is 72.6 Å². The second-order valence-electron chi connectivity index (χ2n) is 3.79. The molecular weight excluding hydrogens is 274 g/mol. The van der Waals surface area contributed by atoms with E-state index in [1.807, 2.05) is 12.1 Å². The van der Waals surface area contributed by atoms with Crippen molar-refractivity contribution >= 4 is 21.9 Å². The number of nitrogens with two attached hydrogens (primary N) is 1. The number of benzene rings is 1. The van der Waals surface area contributed by atoms with Crippen LogP contribution < -0.4 is 10.5 Å². The number of fused-ring (bicyclic) bond motifs is 1. The van der Waals surface area contributed by atoms with E-state index in [0.717, 1.165) is 27.8 Å². The molecule has 0 bridgehead atoms. The molecule has 0 amide bonds. The van der Waals surface area contributed by atoms with E-state index < -0.39 is 12.0 Å². The van der Waals surface area contributed by atoms with Gasteiger partial charge in [-0.3, -0.25) is 4.79 Å². The number of carbonyl (C=O) groups is 1. The quantitative estimate of drug-likeness (QED) is 0.889. The number of aliphatic carboxylic acids is 1. The van der Waals surface area contributed by atoms with Crippen molar-refractivity contribution in [3.8, 4) is 5.75 Å². The number of halogens is 1. The zero-order valence-electron chi connectivity index (χ0n) is 8.57. The van der Waals surface area contributed by atoms with E-state index in [1.54, 1.807) is 0 Å².